The van der Waals surface area contributed by atoms with Crippen LogP contribution < -0.4 is 4.72 Å². The van der Waals surface area contributed by atoms with Gasteiger partial charge in [-0.05, 0) is 61.1 Å². The van der Waals surface area contributed by atoms with E-state index in [1.807, 2.05) is 0 Å². The summed E-state index contributed by atoms with van der Waals surface area (Å²) in [7, 11) is -3.04. The molecule has 2 aromatic carbocycles. The number of carbonyl (C=O) groups excluding carboxylic acids is 1. The number of carbonyl (C=O) groups is 1. The molecule has 26 heavy (non-hydrogen) atoms. The number of sulfonamides is 1. The lowest BCUT2D eigenvalue weighted by Crippen LogP contribution is -2.20. The van der Waals surface area contributed by atoms with Gasteiger partial charge in [-0.25, -0.2) is 17.6 Å². The Kier molecular flexibility index (Phi) is 5.20. The summed E-state index contributed by atoms with van der Waals surface area (Å²) in [5, 5.41) is 0.0883. The van der Waals surface area contributed by atoms with Crippen LogP contribution in [0.1, 0.15) is 34.3 Å². The first kappa shape index (κ1) is 18.7. The summed E-state index contributed by atoms with van der Waals surface area (Å²) in [6.07, 6.45) is 3.37. The van der Waals surface area contributed by atoms with Crippen molar-refractivity contribution in [3.63, 3.8) is 0 Å². The molecular formula is C18H17ClFNO4S. The van der Waals surface area contributed by atoms with Crippen molar-refractivity contribution in [3.8, 4) is 0 Å². The van der Waals surface area contributed by atoms with Crippen molar-refractivity contribution >= 4 is 33.3 Å². The number of aryl methyl sites for hydroxylation is 1. The molecule has 0 aromatic heterocycles. The van der Waals surface area contributed by atoms with Gasteiger partial charge in [0.15, 0.2) is 0 Å². The highest BCUT2D eigenvalue weighted by molar-refractivity contribution is 7.92. The molecule has 3 rings (SSSR count). The molecule has 0 fully saturated rings. The number of methoxy groups -OCH3 is 1. The third-order valence-corrected chi connectivity index (χ3v) is 5.97. The van der Waals surface area contributed by atoms with Crippen molar-refractivity contribution in [2.45, 2.75) is 30.6 Å². The zero-order chi connectivity index (χ0) is 18.9. The summed E-state index contributed by atoms with van der Waals surface area (Å²) in [6, 6.07) is 6.55. The van der Waals surface area contributed by atoms with Crippen LogP contribution in [0.15, 0.2) is 35.2 Å². The van der Waals surface area contributed by atoms with Gasteiger partial charge in [0.1, 0.15) is 10.7 Å². The lowest BCUT2D eigenvalue weighted by Gasteiger charge is -2.21. The van der Waals surface area contributed by atoms with Gasteiger partial charge in [0.2, 0.25) is 0 Å². The highest BCUT2D eigenvalue weighted by atomic mass is 35.5. The molecule has 1 aliphatic rings. The molecule has 8 heteroatoms. The Morgan fingerprint density at radius 1 is 1.19 bits per heavy atom. The maximum atomic E-state index is 14.0. The minimum Gasteiger partial charge on any atom is -0.465 e. The number of ether oxygens (including phenoxy) is 1. The summed E-state index contributed by atoms with van der Waals surface area (Å²) in [5.41, 5.74) is 2.01. The van der Waals surface area contributed by atoms with E-state index in [-0.39, 0.29) is 16.3 Å². The van der Waals surface area contributed by atoms with Crippen molar-refractivity contribution in [2.75, 3.05) is 11.8 Å². The maximum absolute atomic E-state index is 14.0. The summed E-state index contributed by atoms with van der Waals surface area (Å²) < 4.78 is 46.4. The molecule has 0 saturated carbocycles. The van der Waals surface area contributed by atoms with Crippen molar-refractivity contribution in [2.24, 2.45) is 0 Å². The Balaban J connectivity index is 2.09. The normalized spacial score (nSPS) is 13.8. The van der Waals surface area contributed by atoms with Gasteiger partial charge in [-0.3, -0.25) is 4.72 Å². The number of halogens is 2. The molecule has 0 radical (unpaired) electrons. The molecule has 0 atom stereocenters. The Labute approximate surface area is 156 Å². The molecule has 5 nitrogen and oxygen atoms in total. The number of hydrogen-bond acceptors (Lipinski definition) is 4. The number of anilines is 1. The summed E-state index contributed by atoms with van der Waals surface area (Å²) in [5.74, 6) is -1.56. The van der Waals surface area contributed by atoms with E-state index in [0.717, 1.165) is 42.5 Å². The number of nitrogens with one attached hydrogen (secondary N) is 1. The van der Waals surface area contributed by atoms with E-state index < -0.39 is 26.7 Å². The Morgan fingerprint density at radius 3 is 2.65 bits per heavy atom. The van der Waals surface area contributed by atoms with E-state index in [9.17, 15) is 17.6 Å². The maximum Gasteiger partial charge on any atom is 0.340 e. The van der Waals surface area contributed by atoms with Gasteiger partial charge in [0.25, 0.3) is 10.0 Å². The quantitative estimate of drug-likeness (QED) is 0.793. The molecule has 0 heterocycles. The van der Waals surface area contributed by atoms with Gasteiger partial charge < -0.3 is 4.74 Å². The molecule has 0 unspecified atom stereocenters. The van der Waals surface area contributed by atoms with Gasteiger partial charge in [-0.2, -0.15) is 0 Å². The minimum absolute atomic E-state index is 0.0666. The van der Waals surface area contributed by atoms with E-state index in [1.165, 1.54) is 19.2 Å². The fourth-order valence-electron chi connectivity index (χ4n) is 3.13. The summed E-state index contributed by atoms with van der Waals surface area (Å²) in [4.78, 5) is 11.7. The van der Waals surface area contributed by atoms with E-state index in [2.05, 4.69) is 4.72 Å². The van der Waals surface area contributed by atoms with Crippen LogP contribution in [-0.2, 0) is 27.6 Å². The van der Waals surface area contributed by atoms with Crippen LogP contribution in [0.3, 0.4) is 0 Å². The Morgan fingerprint density at radius 2 is 1.92 bits per heavy atom. The van der Waals surface area contributed by atoms with E-state index >= 15 is 0 Å². The Hall–Kier alpha value is -2.12. The lowest BCUT2D eigenvalue weighted by atomic mass is 9.87. The predicted molar refractivity (Wildman–Crippen MR) is 96.6 cm³/mol. The zero-order valence-corrected chi connectivity index (χ0v) is 15.6. The average Bonchev–Trinajstić information content (AvgIpc) is 2.62. The van der Waals surface area contributed by atoms with Crippen LogP contribution in [0.5, 0.6) is 0 Å². The highest BCUT2D eigenvalue weighted by Crippen LogP contribution is 2.32. The van der Waals surface area contributed by atoms with E-state index in [4.69, 9.17) is 16.3 Å². The second kappa shape index (κ2) is 7.25. The van der Waals surface area contributed by atoms with Crippen molar-refractivity contribution in [3.05, 3.63) is 57.9 Å². The lowest BCUT2D eigenvalue weighted by molar-refractivity contribution is 0.0600. The topological polar surface area (TPSA) is 72.5 Å². The first-order valence-electron chi connectivity index (χ1n) is 8.04. The number of benzene rings is 2. The molecule has 0 aliphatic heterocycles. The molecular weight excluding hydrogens is 381 g/mol. The number of rotatable bonds is 4. The number of fused-ring (bicyclic) bond motifs is 1. The van der Waals surface area contributed by atoms with Crippen molar-refractivity contribution < 1.29 is 22.3 Å². The fraction of sp³-hybridized carbons (Fsp3) is 0.278. The molecule has 0 spiro atoms. The minimum atomic E-state index is -4.27. The fourth-order valence-corrected chi connectivity index (χ4v) is 4.54. The number of esters is 1. The van der Waals surface area contributed by atoms with Gasteiger partial charge in [-0.1, -0.05) is 17.7 Å². The average molecular weight is 398 g/mol. The van der Waals surface area contributed by atoms with Crippen LogP contribution in [0.4, 0.5) is 10.1 Å². The molecule has 138 valence electrons. The second-order valence-corrected chi connectivity index (χ2v) is 8.09. The van der Waals surface area contributed by atoms with Crippen LogP contribution in [0, 0.1) is 5.82 Å². The van der Waals surface area contributed by atoms with E-state index in [0.29, 0.717) is 6.42 Å². The van der Waals surface area contributed by atoms with Gasteiger partial charge in [0.05, 0.1) is 18.4 Å². The summed E-state index contributed by atoms with van der Waals surface area (Å²) >= 11 is 5.79. The molecule has 0 saturated heterocycles. The predicted octanol–water partition coefficient (Wildman–Crippen LogP) is 3.95. The number of hydrogen-bond donors (Lipinski definition) is 1. The first-order valence-corrected chi connectivity index (χ1v) is 9.90. The van der Waals surface area contributed by atoms with Gasteiger partial charge in [0, 0.05) is 5.02 Å². The first-order chi connectivity index (χ1) is 12.3. The second-order valence-electron chi connectivity index (χ2n) is 6.00. The molecule has 0 amide bonds. The molecule has 1 N–H and O–H groups in total. The van der Waals surface area contributed by atoms with Crippen LogP contribution in [0.25, 0.3) is 0 Å². The smallest absolute Gasteiger partial charge is 0.340 e. The van der Waals surface area contributed by atoms with Crippen LogP contribution >= 0.6 is 11.6 Å². The monoisotopic (exact) mass is 397 g/mol. The standard InChI is InChI=1S/C18H17ClFNO4S/c1-25-18(22)17-13-5-3-2-4-11(13)6-9-15(17)21-26(23,24)16-10-12(19)7-8-14(16)20/h6-10,21H,2-5H2,1H3. The molecule has 1 aliphatic carbocycles. The molecule has 0 bridgehead atoms. The highest BCUT2D eigenvalue weighted by Gasteiger charge is 2.26. The largest absolute Gasteiger partial charge is 0.465 e. The third-order valence-electron chi connectivity index (χ3n) is 4.35. The molecule has 2 aromatic rings. The van der Waals surface area contributed by atoms with Crippen LogP contribution in [-0.4, -0.2) is 21.5 Å². The van der Waals surface area contributed by atoms with Crippen molar-refractivity contribution in [1.29, 1.82) is 0 Å². The third kappa shape index (κ3) is 3.54. The van der Waals surface area contributed by atoms with Crippen LogP contribution in [0.2, 0.25) is 5.02 Å². The Bertz CT molecular complexity index is 975. The van der Waals surface area contributed by atoms with Gasteiger partial charge >= 0.3 is 5.97 Å². The van der Waals surface area contributed by atoms with E-state index in [1.54, 1.807) is 6.07 Å². The SMILES string of the molecule is COC(=O)c1c(NS(=O)(=O)c2cc(Cl)ccc2F)ccc2c1CCCC2. The van der Waals surface area contributed by atoms with Gasteiger partial charge in [-0.15, -0.1) is 0 Å². The zero-order valence-electron chi connectivity index (χ0n) is 14.0. The summed E-state index contributed by atoms with van der Waals surface area (Å²) in [6.45, 7) is 0. The van der Waals surface area contributed by atoms with Crippen molar-refractivity contribution in [1.82, 2.24) is 0 Å².